The van der Waals surface area contributed by atoms with Crippen molar-refractivity contribution < 1.29 is 19.7 Å². The molecule has 0 fully saturated rings. The first-order chi connectivity index (χ1) is 6.94. The van der Waals surface area contributed by atoms with Crippen LogP contribution in [0, 0.1) is 5.41 Å². The van der Waals surface area contributed by atoms with Crippen LogP contribution in [0.5, 0.6) is 0 Å². The fraction of sp³-hybridized carbons (Fsp3) is 0.909. The SMILES string of the molecule is COC(=O)C(C)(C)CC(O)CCCCO. The molecule has 15 heavy (non-hydrogen) atoms. The van der Waals surface area contributed by atoms with Crippen molar-refractivity contribution in [2.75, 3.05) is 13.7 Å². The molecular formula is C11H22O4. The Kier molecular flexibility index (Phi) is 6.52. The second kappa shape index (κ2) is 6.80. The number of aliphatic hydroxyl groups is 2. The number of methoxy groups -OCH3 is 1. The number of aliphatic hydroxyl groups excluding tert-OH is 2. The van der Waals surface area contributed by atoms with Gasteiger partial charge in [0.05, 0.1) is 18.6 Å². The standard InChI is InChI=1S/C11H22O4/c1-11(2,10(14)15-3)8-9(13)6-4-5-7-12/h9,12-13H,4-8H2,1-3H3. The fourth-order valence-electron chi connectivity index (χ4n) is 1.54. The average molecular weight is 218 g/mol. The van der Waals surface area contributed by atoms with Gasteiger partial charge in [-0.2, -0.15) is 0 Å². The summed E-state index contributed by atoms with van der Waals surface area (Å²) in [4.78, 5) is 11.3. The Hall–Kier alpha value is -0.610. The van der Waals surface area contributed by atoms with E-state index < -0.39 is 11.5 Å². The van der Waals surface area contributed by atoms with Crippen LogP contribution in [-0.2, 0) is 9.53 Å². The number of hydrogen-bond acceptors (Lipinski definition) is 4. The smallest absolute Gasteiger partial charge is 0.311 e. The highest BCUT2D eigenvalue weighted by Crippen LogP contribution is 2.25. The van der Waals surface area contributed by atoms with Crippen LogP contribution in [0.2, 0.25) is 0 Å². The number of esters is 1. The van der Waals surface area contributed by atoms with Crippen LogP contribution in [0.4, 0.5) is 0 Å². The van der Waals surface area contributed by atoms with E-state index in [4.69, 9.17) is 5.11 Å². The number of hydrogen-bond donors (Lipinski definition) is 2. The van der Waals surface area contributed by atoms with Gasteiger partial charge in [0, 0.05) is 6.61 Å². The monoisotopic (exact) mass is 218 g/mol. The van der Waals surface area contributed by atoms with Crippen molar-refractivity contribution in [3.63, 3.8) is 0 Å². The Bertz CT molecular complexity index is 189. The molecule has 0 radical (unpaired) electrons. The Morgan fingerprint density at radius 1 is 1.40 bits per heavy atom. The highest BCUT2D eigenvalue weighted by Gasteiger charge is 2.30. The van der Waals surface area contributed by atoms with Crippen molar-refractivity contribution in [3.05, 3.63) is 0 Å². The second-order valence-electron chi connectivity index (χ2n) is 4.45. The van der Waals surface area contributed by atoms with Crippen molar-refractivity contribution in [1.82, 2.24) is 0 Å². The van der Waals surface area contributed by atoms with E-state index in [0.717, 1.165) is 6.42 Å². The molecule has 0 spiro atoms. The predicted molar refractivity (Wildman–Crippen MR) is 57.4 cm³/mol. The maximum atomic E-state index is 11.3. The zero-order chi connectivity index (χ0) is 11.9. The highest BCUT2D eigenvalue weighted by atomic mass is 16.5. The van der Waals surface area contributed by atoms with Gasteiger partial charge < -0.3 is 14.9 Å². The van der Waals surface area contributed by atoms with E-state index in [9.17, 15) is 9.90 Å². The Balaban J connectivity index is 3.93. The van der Waals surface area contributed by atoms with Crippen molar-refractivity contribution in [1.29, 1.82) is 0 Å². The quantitative estimate of drug-likeness (QED) is 0.496. The number of carbonyl (C=O) groups excluding carboxylic acids is 1. The molecule has 0 saturated heterocycles. The van der Waals surface area contributed by atoms with Gasteiger partial charge in [-0.05, 0) is 39.5 Å². The van der Waals surface area contributed by atoms with Gasteiger partial charge in [-0.3, -0.25) is 4.79 Å². The van der Waals surface area contributed by atoms with Gasteiger partial charge >= 0.3 is 5.97 Å². The van der Waals surface area contributed by atoms with Crippen LogP contribution in [0.1, 0.15) is 39.5 Å². The molecule has 0 heterocycles. The van der Waals surface area contributed by atoms with Gasteiger partial charge in [0.1, 0.15) is 0 Å². The first kappa shape index (κ1) is 14.4. The van der Waals surface area contributed by atoms with E-state index in [1.54, 1.807) is 13.8 Å². The topological polar surface area (TPSA) is 66.8 Å². The third-order valence-corrected chi connectivity index (χ3v) is 2.43. The summed E-state index contributed by atoms with van der Waals surface area (Å²) in [5, 5.41) is 18.2. The van der Waals surface area contributed by atoms with E-state index in [2.05, 4.69) is 4.74 Å². The minimum Gasteiger partial charge on any atom is -0.469 e. The van der Waals surface area contributed by atoms with Gasteiger partial charge in [-0.15, -0.1) is 0 Å². The molecule has 0 aromatic heterocycles. The lowest BCUT2D eigenvalue weighted by molar-refractivity contribution is -0.152. The molecule has 0 aromatic carbocycles. The molecule has 0 saturated carbocycles. The molecule has 0 rings (SSSR count). The largest absolute Gasteiger partial charge is 0.469 e. The highest BCUT2D eigenvalue weighted by molar-refractivity contribution is 5.75. The van der Waals surface area contributed by atoms with Crippen LogP contribution in [0.3, 0.4) is 0 Å². The molecule has 1 unspecified atom stereocenters. The molecule has 90 valence electrons. The van der Waals surface area contributed by atoms with E-state index in [-0.39, 0.29) is 12.6 Å². The van der Waals surface area contributed by atoms with Crippen LogP contribution >= 0.6 is 0 Å². The molecular weight excluding hydrogens is 196 g/mol. The van der Waals surface area contributed by atoms with Gasteiger partial charge in [-0.1, -0.05) is 0 Å². The van der Waals surface area contributed by atoms with Gasteiger partial charge in [-0.25, -0.2) is 0 Å². The van der Waals surface area contributed by atoms with Crippen LogP contribution in [-0.4, -0.2) is 36.0 Å². The van der Waals surface area contributed by atoms with E-state index in [1.807, 2.05) is 0 Å². The lowest BCUT2D eigenvalue weighted by Crippen LogP contribution is -2.30. The van der Waals surface area contributed by atoms with Crippen molar-refractivity contribution in [3.8, 4) is 0 Å². The van der Waals surface area contributed by atoms with Crippen molar-refractivity contribution >= 4 is 5.97 Å². The first-order valence-corrected chi connectivity index (χ1v) is 5.31. The van der Waals surface area contributed by atoms with E-state index >= 15 is 0 Å². The maximum Gasteiger partial charge on any atom is 0.311 e. The first-order valence-electron chi connectivity index (χ1n) is 5.31. The zero-order valence-corrected chi connectivity index (χ0v) is 9.82. The van der Waals surface area contributed by atoms with Crippen LogP contribution in [0.15, 0.2) is 0 Å². The molecule has 0 aliphatic carbocycles. The maximum absolute atomic E-state index is 11.3. The minimum absolute atomic E-state index is 0.146. The van der Waals surface area contributed by atoms with Gasteiger partial charge in [0.15, 0.2) is 0 Å². The summed E-state index contributed by atoms with van der Waals surface area (Å²) in [6, 6.07) is 0. The van der Waals surface area contributed by atoms with Gasteiger partial charge in [0.2, 0.25) is 0 Å². The Morgan fingerprint density at radius 2 is 2.00 bits per heavy atom. The molecule has 0 aliphatic rings. The third kappa shape index (κ3) is 5.74. The summed E-state index contributed by atoms with van der Waals surface area (Å²) in [7, 11) is 1.35. The summed E-state index contributed by atoms with van der Waals surface area (Å²) in [6.45, 7) is 3.66. The number of unbranched alkanes of at least 4 members (excludes halogenated alkanes) is 1. The molecule has 1 atom stereocenters. The number of rotatable bonds is 7. The fourth-order valence-corrected chi connectivity index (χ4v) is 1.54. The molecule has 0 aliphatic heterocycles. The summed E-state index contributed by atoms with van der Waals surface area (Å²) in [5.41, 5.74) is -0.645. The minimum atomic E-state index is -0.645. The summed E-state index contributed by atoms with van der Waals surface area (Å²) < 4.78 is 4.65. The van der Waals surface area contributed by atoms with Gasteiger partial charge in [0.25, 0.3) is 0 Å². The van der Waals surface area contributed by atoms with E-state index in [1.165, 1.54) is 7.11 Å². The second-order valence-corrected chi connectivity index (χ2v) is 4.45. The Morgan fingerprint density at radius 3 is 2.47 bits per heavy atom. The molecule has 4 heteroatoms. The lowest BCUT2D eigenvalue weighted by Gasteiger charge is -2.24. The summed E-state index contributed by atoms with van der Waals surface area (Å²) in [6.07, 6.45) is 1.96. The predicted octanol–water partition coefficient (Wildman–Crippen LogP) is 1.10. The van der Waals surface area contributed by atoms with Crippen LogP contribution < -0.4 is 0 Å². The summed E-state index contributed by atoms with van der Waals surface area (Å²) >= 11 is 0. The molecule has 0 aromatic rings. The lowest BCUT2D eigenvalue weighted by atomic mass is 9.85. The summed E-state index contributed by atoms with van der Waals surface area (Å²) in [5.74, 6) is -0.302. The number of ether oxygens (including phenoxy) is 1. The Labute approximate surface area is 91.3 Å². The number of carbonyl (C=O) groups is 1. The molecule has 4 nitrogen and oxygen atoms in total. The zero-order valence-electron chi connectivity index (χ0n) is 9.82. The average Bonchev–Trinajstić information content (AvgIpc) is 2.16. The molecule has 0 bridgehead atoms. The molecule has 0 amide bonds. The molecule has 2 N–H and O–H groups in total. The van der Waals surface area contributed by atoms with Crippen LogP contribution in [0.25, 0.3) is 0 Å². The van der Waals surface area contributed by atoms with Crippen molar-refractivity contribution in [2.24, 2.45) is 5.41 Å². The normalized spacial score (nSPS) is 13.7. The third-order valence-electron chi connectivity index (χ3n) is 2.43. The van der Waals surface area contributed by atoms with E-state index in [0.29, 0.717) is 19.3 Å². The van der Waals surface area contributed by atoms with Crippen molar-refractivity contribution in [2.45, 2.75) is 45.6 Å².